The standard InChI is InChI=1S/C21H30N4O3/c1-14(2)21-23-20(28-24-21)7-5-6-19(26)22-17-8-10-18(11-9-17)25-12-15(3)27-16(4)13-25/h8-11,14-16H,5-7,12-13H2,1-4H3,(H,22,26). The first kappa shape index (κ1) is 20.3. The summed E-state index contributed by atoms with van der Waals surface area (Å²) in [5.41, 5.74) is 1.96. The molecule has 1 aliphatic rings. The molecular weight excluding hydrogens is 356 g/mol. The quantitative estimate of drug-likeness (QED) is 0.780. The summed E-state index contributed by atoms with van der Waals surface area (Å²) in [6.07, 6.45) is 2.14. The zero-order valence-electron chi connectivity index (χ0n) is 17.1. The lowest BCUT2D eigenvalue weighted by atomic mass is 10.2. The lowest BCUT2D eigenvalue weighted by molar-refractivity contribution is -0.116. The van der Waals surface area contributed by atoms with Crippen LogP contribution in [0.2, 0.25) is 0 Å². The topological polar surface area (TPSA) is 80.5 Å². The van der Waals surface area contributed by atoms with Crippen molar-refractivity contribution in [2.75, 3.05) is 23.3 Å². The fourth-order valence-electron chi connectivity index (χ4n) is 3.37. The van der Waals surface area contributed by atoms with Crippen molar-refractivity contribution in [3.63, 3.8) is 0 Å². The molecule has 2 heterocycles. The van der Waals surface area contributed by atoms with Gasteiger partial charge in [-0.3, -0.25) is 4.79 Å². The van der Waals surface area contributed by atoms with Crippen LogP contribution in [0.1, 0.15) is 58.2 Å². The van der Waals surface area contributed by atoms with Crippen molar-refractivity contribution in [1.82, 2.24) is 10.1 Å². The van der Waals surface area contributed by atoms with Gasteiger partial charge in [-0.15, -0.1) is 0 Å². The molecule has 1 saturated heterocycles. The third kappa shape index (κ3) is 5.55. The Kier molecular flexibility index (Phi) is 6.67. The number of aromatic nitrogens is 2. The third-order valence-corrected chi connectivity index (χ3v) is 4.73. The van der Waals surface area contributed by atoms with E-state index in [1.165, 1.54) is 0 Å². The normalized spacial score (nSPS) is 19.8. The van der Waals surface area contributed by atoms with Crippen LogP contribution in [0.4, 0.5) is 11.4 Å². The largest absolute Gasteiger partial charge is 0.372 e. The van der Waals surface area contributed by atoms with Gasteiger partial charge in [0.25, 0.3) is 0 Å². The number of aryl methyl sites for hydroxylation is 1. The number of amides is 1. The molecule has 0 aliphatic carbocycles. The molecule has 0 saturated carbocycles. The average Bonchev–Trinajstić information content (AvgIpc) is 3.11. The Hall–Kier alpha value is -2.41. The van der Waals surface area contributed by atoms with Gasteiger partial charge in [-0.2, -0.15) is 4.98 Å². The van der Waals surface area contributed by atoms with Crippen molar-refractivity contribution >= 4 is 17.3 Å². The van der Waals surface area contributed by atoms with Crippen LogP contribution in [0, 0.1) is 0 Å². The van der Waals surface area contributed by atoms with Crippen LogP contribution in [0.15, 0.2) is 28.8 Å². The Morgan fingerprint density at radius 1 is 1.21 bits per heavy atom. The zero-order chi connectivity index (χ0) is 20.1. The fourth-order valence-corrected chi connectivity index (χ4v) is 3.37. The minimum Gasteiger partial charge on any atom is -0.372 e. The summed E-state index contributed by atoms with van der Waals surface area (Å²) in [6, 6.07) is 7.99. The highest BCUT2D eigenvalue weighted by molar-refractivity contribution is 5.90. The van der Waals surface area contributed by atoms with Crippen molar-refractivity contribution in [1.29, 1.82) is 0 Å². The summed E-state index contributed by atoms with van der Waals surface area (Å²) in [5.74, 6) is 1.54. The van der Waals surface area contributed by atoms with Crippen LogP contribution < -0.4 is 10.2 Å². The van der Waals surface area contributed by atoms with Gasteiger partial charge in [-0.05, 0) is 44.5 Å². The van der Waals surface area contributed by atoms with E-state index in [4.69, 9.17) is 9.26 Å². The first-order valence-electron chi connectivity index (χ1n) is 10.0. The Balaban J connectivity index is 1.45. The zero-order valence-corrected chi connectivity index (χ0v) is 17.1. The van der Waals surface area contributed by atoms with Gasteiger partial charge in [0, 0.05) is 43.2 Å². The van der Waals surface area contributed by atoms with Gasteiger partial charge in [0.05, 0.1) is 12.2 Å². The molecule has 3 rings (SSSR count). The molecule has 152 valence electrons. The van der Waals surface area contributed by atoms with E-state index >= 15 is 0 Å². The maximum Gasteiger partial charge on any atom is 0.226 e. The minimum atomic E-state index is -0.00929. The highest BCUT2D eigenvalue weighted by atomic mass is 16.5. The molecule has 1 fully saturated rings. The van der Waals surface area contributed by atoms with Gasteiger partial charge in [0.15, 0.2) is 5.82 Å². The number of morpholine rings is 1. The summed E-state index contributed by atoms with van der Waals surface area (Å²) in [5, 5.41) is 6.89. The van der Waals surface area contributed by atoms with Crippen LogP contribution in [-0.4, -0.2) is 41.3 Å². The van der Waals surface area contributed by atoms with Crippen molar-refractivity contribution < 1.29 is 14.1 Å². The molecule has 1 aliphatic heterocycles. The number of hydrogen-bond acceptors (Lipinski definition) is 6. The monoisotopic (exact) mass is 386 g/mol. The van der Waals surface area contributed by atoms with Crippen LogP contribution in [-0.2, 0) is 16.0 Å². The molecule has 28 heavy (non-hydrogen) atoms. The van der Waals surface area contributed by atoms with E-state index < -0.39 is 0 Å². The van der Waals surface area contributed by atoms with Gasteiger partial charge in [0.1, 0.15) is 0 Å². The average molecular weight is 386 g/mol. The molecule has 0 bridgehead atoms. The van der Waals surface area contributed by atoms with Crippen LogP contribution in [0.3, 0.4) is 0 Å². The number of anilines is 2. The van der Waals surface area contributed by atoms with Crippen molar-refractivity contribution in [3.8, 4) is 0 Å². The Bertz CT molecular complexity index is 762. The molecule has 1 aromatic heterocycles. The number of carbonyl (C=O) groups excluding carboxylic acids is 1. The number of hydrogen-bond donors (Lipinski definition) is 1. The maximum atomic E-state index is 12.2. The first-order valence-corrected chi connectivity index (χ1v) is 10.0. The van der Waals surface area contributed by atoms with E-state index in [1.54, 1.807) is 0 Å². The molecule has 7 heteroatoms. The lowest BCUT2D eigenvalue weighted by Gasteiger charge is -2.36. The van der Waals surface area contributed by atoms with Gasteiger partial charge < -0.3 is 19.5 Å². The molecule has 2 atom stereocenters. The molecule has 0 spiro atoms. The first-order chi connectivity index (χ1) is 13.4. The third-order valence-electron chi connectivity index (χ3n) is 4.73. The van der Waals surface area contributed by atoms with E-state index in [0.29, 0.717) is 31.0 Å². The number of nitrogens with zero attached hydrogens (tertiary/aromatic N) is 3. The molecule has 2 unspecified atom stereocenters. The van der Waals surface area contributed by atoms with E-state index in [2.05, 4.69) is 34.2 Å². The maximum absolute atomic E-state index is 12.2. The highest BCUT2D eigenvalue weighted by Gasteiger charge is 2.22. The second-order valence-electron chi connectivity index (χ2n) is 7.81. The Morgan fingerprint density at radius 3 is 2.50 bits per heavy atom. The number of carbonyl (C=O) groups is 1. The van der Waals surface area contributed by atoms with E-state index in [9.17, 15) is 4.79 Å². The van der Waals surface area contributed by atoms with Crippen LogP contribution in [0.5, 0.6) is 0 Å². The molecule has 1 amide bonds. The SMILES string of the molecule is CC1CN(c2ccc(NC(=O)CCCc3nc(C(C)C)no3)cc2)CC(C)O1. The summed E-state index contributed by atoms with van der Waals surface area (Å²) < 4.78 is 11.0. The van der Waals surface area contributed by atoms with Gasteiger partial charge in [-0.1, -0.05) is 19.0 Å². The number of ether oxygens (including phenoxy) is 1. The smallest absolute Gasteiger partial charge is 0.226 e. The predicted molar refractivity (Wildman–Crippen MR) is 109 cm³/mol. The second-order valence-corrected chi connectivity index (χ2v) is 7.81. The molecular formula is C21H30N4O3. The summed E-state index contributed by atoms with van der Waals surface area (Å²) >= 11 is 0. The highest BCUT2D eigenvalue weighted by Crippen LogP contribution is 2.22. The van der Waals surface area contributed by atoms with Crippen LogP contribution >= 0.6 is 0 Å². The van der Waals surface area contributed by atoms with Gasteiger partial charge >= 0.3 is 0 Å². The predicted octanol–water partition coefficient (Wildman–Crippen LogP) is 3.77. The minimum absolute atomic E-state index is 0.00929. The van der Waals surface area contributed by atoms with Gasteiger partial charge in [-0.25, -0.2) is 0 Å². The summed E-state index contributed by atoms with van der Waals surface area (Å²) in [7, 11) is 0. The number of nitrogens with one attached hydrogen (secondary N) is 1. The van der Waals surface area contributed by atoms with Gasteiger partial charge in [0.2, 0.25) is 11.8 Å². The fraction of sp³-hybridized carbons (Fsp3) is 0.571. The summed E-state index contributed by atoms with van der Waals surface area (Å²) in [4.78, 5) is 18.8. The second kappa shape index (κ2) is 9.19. The number of rotatable bonds is 7. The molecule has 1 N–H and O–H groups in total. The van der Waals surface area contributed by atoms with Crippen LogP contribution in [0.25, 0.3) is 0 Å². The Labute approximate surface area is 166 Å². The molecule has 0 radical (unpaired) electrons. The van der Waals surface area contributed by atoms with Crippen molar-refractivity contribution in [3.05, 3.63) is 36.0 Å². The lowest BCUT2D eigenvalue weighted by Crippen LogP contribution is -2.45. The van der Waals surface area contributed by atoms with Crippen molar-refractivity contribution in [2.24, 2.45) is 0 Å². The Morgan fingerprint density at radius 2 is 1.89 bits per heavy atom. The molecule has 2 aromatic rings. The van der Waals surface area contributed by atoms with E-state index in [0.717, 1.165) is 24.5 Å². The van der Waals surface area contributed by atoms with Crippen molar-refractivity contribution in [2.45, 2.75) is 65.1 Å². The molecule has 1 aromatic carbocycles. The number of benzene rings is 1. The van der Waals surface area contributed by atoms with E-state index in [1.807, 2.05) is 38.1 Å². The van der Waals surface area contributed by atoms with E-state index in [-0.39, 0.29) is 24.0 Å². The summed E-state index contributed by atoms with van der Waals surface area (Å²) in [6.45, 7) is 9.99. The molecule has 7 nitrogen and oxygen atoms in total.